The van der Waals surface area contributed by atoms with Crippen LogP contribution in [0, 0.1) is 46.3 Å². The Morgan fingerprint density at radius 1 is 1.12 bits per heavy atom. The monoisotopic (exact) mass is 454 g/mol. The summed E-state index contributed by atoms with van der Waals surface area (Å²) in [5.74, 6) is 4.88. The van der Waals surface area contributed by atoms with Crippen molar-refractivity contribution in [2.75, 3.05) is 0 Å². The van der Waals surface area contributed by atoms with Crippen LogP contribution in [0.25, 0.3) is 0 Å². The summed E-state index contributed by atoms with van der Waals surface area (Å²) < 4.78 is 5.63. The van der Waals surface area contributed by atoms with E-state index in [-0.39, 0.29) is 12.1 Å². The van der Waals surface area contributed by atoms with Crippen LogP contribution >= 0.6 is 0 Å². The Morgan fingerprint density at radius 3 is 2.55 bits per heavy atom. The van der Waals surface area contributed by atoms with Crippen LogP contribution in [-0.4, -0.2) is 12.1 Å². The lowest BCUT2D eigenvalue weighted by atomic mass is 9.47. The molecule has 2 nitrogen and oxygen atoms in total. The lowest BCUT2D eigenvalue weighted by Gasteiger charge is -2.58. The van der Waals surface area contributed by atoms with Crippen molar-refractivity contribution in [3.05, 3.63) is 23.3 Å². The Labute approximate surface area is 204 Å². The Balaban J connectivity index is 1.47. The second kappa shape index (κ2) is 9.54. The number of allylic oxidation sites excluding steroid dienone is 3. The number of ether oxygens (including phenoxy) is 1. The molecule has 3 fully saturated rings. The molecule has 0 N–H and O–H groups in total. The van der Waals surface area contributed by atoms with Crippen molar-refractivity contribution in [1.29, 1.82) is 0 Å². The zero-order chi connectivity index (χ0) is 24.0. The number of rotatable bonds is 6. The van der Waals surface area contributed by atoms with Crippen molar-refractivity contribution in [3.8, 4) is 0 Å². The smallest absolute Gasteiger partial charge is 0.302 e. The third-order valence-electron chi connectivity index (χ3n) is 11.2. The van der Waals surface area contributed by atoms with Gasteiger partial charge in [-0.1, -0.05) is 57.9 Å². The third-order valence-corrected chi connectivity index (χ3v) is 11.2. The normalized spacial score (nSPS) is 41.6. The summed E-state index contributed by atoms with van der Waals surface area (Å²) in [4.78, 5) is 11.5. The molecule has 0 aromatic rings. The molecule has 4 aliphatic carbocycles. The first-order valence-corrected chi connectivity index (χ1v) is 14.1. The van der Waals surface area contributed by atoms with Gasteiger partial charge in [0, 0.05) is 13.3 Å². The van der Waals surface area contributed by atoms with Gasteiger partial charge >= 0.3 is 5.97 Å². The fourth-order valence-electron chi connectivity index (χ4n) is 9.30. The maximum Gasteiger partial charge on any atom is 0.302 e. The van der Waals surface area contributed by atoms with Crippen LogP contribution in [0.1, 0.15) is 113 Å². The number of hydrogen-bond donors (Lipinski definition) is 0. The molecule has 4 aliphatic rings. The number of hydrogen-bond acceptors (Lipinski definition) is 2. The summed E-state index contributed by atoms with van der Waals surface area (Å²) in [6, 6.07) is 0. The van der Waals surface area contributed by atoms with Gasteiger partial charge in [0.15, 0.2) is 0 Å². The van der Waals surface area contributed by atoms with Crippen LogP contribution in [-0.2, 0) is 9.53 Å². The van der Waals surface area contributed by atoms with Crippen molar-refractivity contribution >= 4 is 5.97 Å². The fourth-order valence-corrected chi connectivity index (χ4v) is 9.30. The van der Waals surface area contributed by atoms with Crippen molar-refractivity contribution in [2.24, 2.45) is 46.3 Å². The SMILES string of the molecule is C/C=C(/CCC(C)C1CCC2C3CC=C4CC(OC(C)=O)CCC4(C)C3CCC12C)C(C)C. The Hall–Kier alpha value is -1.05. The van der Waals surface area contributed by atoms with Gasteiger partial charge in [-0.3, -0.25) is 4.79 Å². The molecule has 0 bridgehead atoms. The molecule has 0 amide bonds. The summed E-state index contributed by atoms with van der Waals surface area (Å²) in [5, 5.41) is 0. The lowest BCUT2D eigenvalue weighted by molar-refractivity contribution is -0.148. The highest BCUT2D eigenvalue weighted by atomic mass is 16.5. The largest absolute Gasteiger partial charge is 0.462 e. The highest BCUT2D eigenvalue weighted by molar-refractivity contribution is 5.66. The van der Waals surface area contributed by atoms with E-state index < -0.39 is 0 Å². The molecule has 186 valence electrons. The van der Waals surface area contributed by atoms with Gasteiger partial charge in [-0.15, -0.1) is 0 Å². The van der Waals surface area contributed by atoms with Gasteiger partial charge in [0.05, 0.1) is 0 Å². The number of carbonyl (C=O) groups is 1. The van der Waals surface area contributed by atoms with Crippen LogP contribution in [0.2, 0.25) is 0 Å². The molecule has 0 aliphatic heterocycles. The topological polar surface area (TPSA) is 26.3 Å². The van der Waals surface area contributed by atoms with Crippen molar-refractivity contribution in [3.63, 3.8) is 0 Å². The lowest BCUT2D eigenvalue weighted by Crippen LogP contribution is -2.51. The first-order valence-electron chi connectivity index (χ1n) is 14.1. The van der Waals surface area contributed by atoms with E-state index in [0.717, 1.165) is 42.4 Å². The van der Waals surface area contributed by atoms with Crippen LogP contribution in [0.4, 0.5) is 0 Å². The number of esters is 1. The quantitative estimate of drug-likeness (QED) is 0.297. The Bertz CT molecular complexity index is 791. The van der Waals surface area contributed by atoms with Gasteiger partial charge < -0.3 is 4.74 Å². The molecular weight excluding hydrogens is 404 g/mol. The second-order valence-corrected chi connectivity index (χ2v) is 13.0. The molecule has 0 aromatic heterocycles. The Kier molecular flexibility index (Phi) is 7.24. The molecule has 0 saturated heterocycles. The van der Waals surface area contributed by atoms with E-state index in [1.54, 1.807) is 18.1 Å². The molecule has 8 atom stereocenters. The predicted molar refractivity (Wildman–Crippen MR) is 138 cm³/mol. The second-order valence-electron chi connectivity index (χ2n) is 13.0. The minimum absolute atomic E-state index is 0.108. The van der Waals surface area contributed by atoms with E-state index in [2.05, 4.69) is 53.7 Å². The average molecular weight is 455 g/mol. The van der Waals surface area contributed by atoms with Crippen molar-refractivity contribution in [1.82, 2.24) is 0 Å². The van der Waals surface area contributed by atoms with Crippen LogP contribution in [0.15, 0.2) is 23.3 Å². The maximum atomic E-state index is 11.5. The Morgan fingerprint density at radius 2 is 1.88 bits per heavy atom. The van der Waals surface area contributed by atoms with E-state index in [1.807, 2.05) is 0 Å². The summed E-state index contributed by atoms with van der Waals surface area (Å²) >= 11 is 0. The van der Waals surface area contributed by atoms with E-state index in [9.17, 15) is 4.79 Å². The maximum absolute atomic E-state index is 11.5. The van der Waals surface area contributed by atoms with Crippen LogP contribution in [0.3, 0.4) is 0 Å². The van der Waals surface area contributed by atoms with Crippen LogP contribution in [0.5, 0.6) is 0 Å². The van der Waals surface area contributed by atoms with Gasteiger partial charge in [-0.25, -0.2) is 0 Å². The molecule has 8 unspecified atom stereocenters. The standard InChI is InChI=1S/C31H50O2/c1-8-23(20(2)3)10-9-21(4)27-13-14-28-26-12-11-24-19-25(33-22(5)32)15-17-30(24,6)29(26)16-18-31(27,28)7/h8,11,20-21,25-29H,9-10,12-19H2,1-7H3/b23-8-. The van der Waals surface area contributed by atoms with Gasteiger partial charge in [0.1, 0.15) is 6.10 Å². The molecule has 0 radical (unpaired) electrons. The summed E-state index contributed by atoms with van der Waals surface area (Å²) in [6.45, 7) is 16.3. The van der Waals surface area contributed by atoms with Crippen LogP contribution < -0.4 is 0 Å². The highest BCUT2D eigenvalue weighted by Gasteiger charge is 2.59. The first kappa shape index (κ1) is 25.1. The van der Waals surface area contributed by atoms with E-state index >= 15 is 0 Å². The molecule has 4 rings (SSSR count). The predicted octanol–water partition coefficient (Wildman–Crippen LogP) is 8.52. The summed E-state index contributed by atoms with van der Waals surface area (Å²) in [7, 11) is 0. The van der Waals surface area contributed by atoms with E-state index in [1.165, 1.54) is 51.4 Å². The minimum Gasteiger partial charge on any atom is -0.462 e. The van der Waals surface area contributed by atoms with Gasteiger partial charge in [0.2, 0.25) is 0 Å². The fraction of sp³-hybridized carbons (Fsp3) is 0.839. The average Bonchev–Trinajstić information content (AvgIpc) is 3.11. The molecule has 33 heavy (non-hydrogen) atoms. The van der Waals surface area contributed by atoms with E-state index in [4.69, 9.17) is 4.74 Å². The number of fused-ring (bicyclic) bond motifs is 5. The molecule has 0 spiro atoms. The van der Waals surface area contributed by atoms with Crippen molar-refractivity contribution < 1.29 is 9.53 Å². The van der Waals surface area contributed by atoms with Gasteiger partial charge in [-0.2, -0.15) is 0 Å². The summed E-state index contributed by atoms with van der Waals surface area (Å²) in [6.07, 6.45) is 17.9. The molecule has 0 heterocycles. The zero-order valence-corrected chi connectivity index (χ0v) is 22.6. The molecule has 0 aromatic carbocycles. The first-order chi connectivity index (χ1) is 15.6. The zero-order valence-electron chi connectivity index (χ0n) is 22.6. The third kappa shape index (κ3) is 4.50. The van der Waals surface area contributed by atoms with Gasteiger partial charge in [0.25, 0.3) is 0 Å². The molecule has 3 saturated carbocycles. The highest BCUT2D eigenvalue weighted by Crippen LogP contribution is 2.67. The minimum atomic E-state index is -0.118. The summed E-state index contributed by atoms with van der Waals surface area (Å²) in [5.41, 5.74) is 4.13. The van der Waals surface area contributed by atoms with Crippen molar-refractivity contribution in [2.45, 2.75) is 119 Å². The van der Waals surface area contributed by atoms with E-state index in [0.29, 0.717) is 16.7 Å². The molecular formula is C31H50O2. The van der Waals surface area contributed by atoms with Gasteiger partial charge in [-0.05, 0) is 111 Å². The molecule has 2 heteroatoms. The number of carbonyl (C=O) groups excluding carboxylic acids is 1.